The van der Waals surface area contributed by atoms with Crippen molar-refractivity contribution >= 4 is 29.1 Å². The first-order chi connectivity index (χ1) is 10.9. The molecule has 6 nitrogen and oxygen atoms in total. The Balaban J connectivity index is 1.87. The number of carbonyl (C=O) groups excluding carboxylic acids is 2. The molecule has 2 amide bonds. The molecule has 0 atom stereocenters. The molecule has 1 N–H and O–H groups in total. The van der Waals surface area contributed by atoms with E-state index in [2.05, 4.69) is 0 Å². The van der Waals surface area contributed by atoms with Crippen LogP contribution in [0.5, 0.6) is 0 Å². The van der Waals surface area contributed by atoms with Crippen molar-refractivity contribution in [2.75, 3.05) is 26.7 Å². The number of nitrogens with zero attached hydrogens (tertiary/aromatic N) is 2. The Bertz CT molecular complexity index is 591. The normalized spacial score (nSPS) is 15.5. The molecule has 126 valence electrons. The molecule has 0 unspecified atom stereocenters. The number of rotatable bonds is 5. The summed E-state index contributed by atoms with van der Waals surface area (Å²) in [5.41, 5.74) is 0. The fraction of sp³-hybridized carbons (Fsp3) is 0.562. The van der Waals surface area contributed by atoms with Crippen LogP contribution < -0.4 is 0 Å². The summed E-state index contributed by atoms with van der Waals surface area (Å²) in [6, 6.07) is 3.73. The summed E-state index contributed by atoms with van der Waals surface area (Å²) in [5, 5.41) is 8.97. The number of carboxylic acid groups (broad SMARTS) is 1. The maximum atomic E-state index is 12.3. The number of aliphatic carboxylic acids is 1. The number of thiophene rings is 1. The van der Waals surface area contributed by atoms with Crippen LogP contribution >= 0.6 is 11.3 Å². The Labute approximate surface area is 139 Å². The molecule has 0 saturated carbocycles. The van der Waals surface area contributed by atoms with E-state index >= 15 is 0 Å². The summed E-state index contributed by atoms with van der Waals surface area (Å²) in [5.74, 6) is -1.44. The first-order valence-electron chi connectivity index (χ1n) is 7.77. The lowest BCUT2D eigenvalue weighted by Gasteiger charge is -2.31. The molecule has 0 aliphatic carbocycles. The molecule has 0 aromatic carbocycles. The van der Waals surface area contributed by atoms with Gasteiger partial charge in [0.2, 0.25) is 5.91 Å². The number of piperidine rings is 1. The van der Waals surface area contributed by atoms with Gasteiger partial charge in [0.05, 0.1) is 17.3 Å². The predicted octanol–water partition coefficient (Wildman–Crippen LogP) is 1.71. The monoisotopic (exact) mass is 338 g/mol. The number of aryl methyl sites for hydroxylation is 1. The number of likely N-dealkylation sites (N-methyl/N-ethyl adjacent to an activating group) is 1. The van der Waals surface area contributed by atoms with Crippen molar-refractivity contribution in [2.45, 2.75) is 26.2 Å². The van der Waals surface area contributed by atoms with Crippen molar-refractivity contribution in [1.82, 2.24) is 9.80 Å². The summed E-state index contributed by atoms with van der Waals surface area (Å²) in [7, 11) is 1.62. The van der Waals surface area contributed by atoms with Gasteiger partial charge in [0.25, 0.3) is 5.91 Å². The first-order valence-corrected chi connectivity index (χ1v) is 8.58. The predicted molar refractivity (Wildman–Crippen MR) is 87.6 cm³/mol. The Hall–Kier alpha value is -1.89. The van der Waals surface area contributed by atoms with E-state index in [1.165, 1.54) is 16.2 Å². The molecule has 0 bridgehead atoms. The molecule has 1 saturated heterocycles. The third-order valence-electron chi connectivity index (χ3n) is 4.14. The van der Waals surface area contributed by atoms with E-state index in [0.29, 0.717) is 30.8 Å². The van der Waals surface area contributed by atoms with Gasteiger partial charge in [0, 0.05) is 25.0 Å². The molecule has 1 aliphatic heterocycles. The lowest BCUT2D eigenvalue weighted by molar-refractivity contribution is -0.145. The molecular formula is C16H22N2O4S. The number of likely N-dealkylation sites (tertiary alicyclic amines) is 1. The standard InChI is InChI=1S/C16H22N2O4S/c1-3-12-4-5-13(23-12)15(20)17(2)10-14(19)18-8-6-11(7-9-18)16(21)22/h4-5,11H,3,6-10H2,1-2H3,(H,21,22). The van der Waals surface area contributed by atoms with E-state index in [9.17, 15) is 14.4 Å². The van der Waals surface area contributed by atoms with Crippen LogP contribution in [0.1, 0.15) is 34.3 Å². The van der Waals surface area contributed by atoms with Gasteiger partial charge in [-0.2, -0.15) is 0 Å². The van der Waals surface area contributed by atoms with Crippen LogP contribution in [-0.2, 0) is 16.0 Å². The van der Waals surface area contributed by atoms with Crippen LogP contribution in [0, 0.1) is 5.92 Å². The highest BCUT2D eigenvalue weighted by Crippen LogP contribution is 2.20. The zero-order chi connectivity index (χ0) is 17.0. The van der Waals surface area contributed by atoms with Crippen LogP contribution in [0.25, 0.3) is 0 Å². The summed E-state index contributed by atoms with van der Waals surface area (Å²) in [4.78, 5) is 40.4. The molecule has 1 aromatic heterocycles. The zero-order valence-electron chi connectivity index (χ0n) is 13.4. The fourth-order valence-corrected chi connectivity index (χ4v) is 3.56. The van der Waals surface area contributed by atoms with E-state index in [4.69, 9.17) is 5.11 Å². The molecule has 2 heterocycles. The highest BCUT2D eigenvalue weighted by atomic mass is 32.1. The van der Waals surface area contributed by atoms with Crippen LogP contribution in [0.3, 0.4) is 0 Å². The van der Waals surface area contributed by atoms with Gasteiger partial charge in [-0.3, -0.25) is 14.4 Å². The Morgan fingerprint density at radius 2 is 1.96 bits per heavy atom. The average molecular weight is 338 g/mol. The number of hydrogen-bond acceptors (Lipinski definition) is 4. The van der Waals surface area contributed by atoms with Gasteiger partial charge in [-0.1, -0.05) is 6.92 Å². The smallest absolute Gasteiger partial charge is 0.306 e. The second-order valence-corrected chi connectivity index (χ2v) is 6.94. The van der Waals surface area contributed by atoms with Crippen LogP contribution in [0.2, 0.25) is 0 Å². The summed E-state index contributed by atoms with van der Waals surface area (Å²) < 4.78 is 0. The van der Waals surface area contributed by atoms with Gasteiger partial charge in [-0.25, -0.2) is 0 Å². The minimum atomic E-state index is -0.797. The maximum absolute atomic E-state index is 12.3. The SMILES string of the molecule is CCc1ccc(C(=O)N(C)CC(=O)N2CCC(C(=O)O)CC2)s1. The number of hydrogen-bond donors (Lipinski definition) is 1. The minimum absolute atomic E-state index is 0.0237. The topological polar surface area (TPSA) is 77.9 Å². The van der Waals surface area contributed by atoms with E-state index < -0.39 is 5.97 Å². The van der Waals surface area contributed by atoms with Crippen molar-refractivity contribution in [3.8, 4) is 0 Å². The average Bonchev–Trinajstić information content (AvgIpc) is 3.03. The van der Waals surface area contributed by atoms with Gasteiger partial charge >= 0.3 is 5.97 Å². The van der Waals surface area contributed by atoms with Crippen LogP contribution in [0.4, 0.5) is 0 Å². The Morgan fingerprint density at radius 3 is 2.48 bits per heavy atom. The zero-order valence-corrected chi connectivity index (χ0v) is 14.3. The minimum Gasteiger partial charge on any atom is -0.481 e. The lowest BCUT2D eigenvalue weighted by atomic mass is 9.97. The Kier molecular flexibility index (Phi) is 5.76. The van der Waals surface area contributed by atoms with Gasteiger partial charge in [-0.05, 0) is 31.4 Å². The second kappa shape index (κ2) is 7.59. The summed E-state index contributed by atoms with van der Waals surface area (Å²) >= 11 is 1.45. The van der Waals surface area contributed by atoms with E-state index in [1.54, 1.807) is 18.0 Å². The third-order valence-corrected chi connectivity index (χ3v) is 5.35. The van der Waals surface area contributed by atoms with E-state index in [0.717, 1.165) is 11.3 Å². The van der Waals surface area contributed by atoms with Gasteiger partial charge in [0.15, 0.2) is 0 Å². The Morgan fingerprint density at radius 1 is 1.30 bits per heavy atom. The van der Waals surface area contributed by atoms with Crippen molar-refractivity contribution in [2.24, 2.45) is 5.92 Å². The molecule has 2 rings (SSSR count). The molecule has 1 aliphatic rings. The van der Waals surface area contributed by atoms with Crippen LogP contribution in [0.15, 0.2) is 12.1 Å². The molecule has 7 heteroatoms. The summed E-state index contributed by atoms with van der Waals surface area (Å²) in [6.07, 6.45) is 1.84. The highest BCUT2D eigenvalue weighted by Gasteiger charge is 2.28. The molecular weight excluding hydrogens is 316 g/mol. The third kappa shape index (κ3) is 4.31. The molecule has 1 fully saturated rings. The largest absolute Gasteiger partial charge is 0.481 e. The number of amides is 2. The lowest BCUT2D eigenvalue weighted by Crippen LogP contribution is -2.45. The fourth-order valence-electron chi connectivity index (χ4n) is 2.62. The summed E-state index contributed by atoms with van der Waals surface area (Å²) in [6.45, 7) is 2.94. The van der Waals surface area contributed by atoms with E-state index in [1.807, 2.05) is 13.0 Å². The first kappa shape index (κ1) is 17.5. The quantitative estimate of drug-likeness (QED) is 0.886. The van der Waals surface area contributed by atoms with Gasteiger partial charge in [0.1, 0.15) is 0 Å². The highest BCUT2D eigenvalue weighted by molar-refractivity contribution is 7.14. The maximum Gasteiger partial charge on any atom is 0.306 e. The van der Waals surface area contributed by atoms with Crippen molar-refractivity contribution in [1.29, 1.82) is 0 Å². The molecule has 0 radical (unpaired) electrons. The van der Waals surface area contributed by atoms with Crippen molar-refractivity contribution in [3.63, 3.8) is 0 Å². The van der Waals surface area contributed by atoms with Crippen molar-refractivity contribution in [3.05, 3.63) is 21.9 Å². The number of carbonyl (C=O) groups is 3. The number of carboxylic acids is 1. The molecule has 0 spiro atoms. The molecule has 1 aromatic rings. The second-order valence-electron chi connectivity index (χ2n) is 5.77. The molecule has 23 heavy (non-hydrogen) atoms. The van der Waals surface area contributed by atoms with Crippen LogP contribution in [-0.4, -0.2) is 59.4 Å². The van der Waals surface area contributed by atoms with Gasteiger partial charge < -0.3 is 14.9 Å². The van der Waals surface area contributed by atoms with E-state index in [-0.39, 0.29) is 24.3 Å². The van der Waals surface area contributed by atoms with Gasteiger partial charge in [-0.15, -0.1) is 11.3 Å². The van der Waals surface area contributed by atoms with Crippen molar-refractivity contribution < 1.29 is 19.5 Å².